The van der Waals surface area contributed by atoms with Gasteiger partial charge in [-0.3, -0.25) is 0 Å². The van der Waals surface area contributed by atoms with Crippen LogP contribution in [0.5, 0.6) is 11.5 Å². The highest BCUT2D eigenvalue weighted by Gasteiger charge is 2.18. The van der Waals surface area contributed by atoms with Crippen LogP contribution in [-0.2, 0) is 0 Å². The maximum atomic E-state index is 6.15. The molecule has 4 nitrogen and oxygen atoms in total. The molecule has 0 amide bonds. The van der Waals surface area contributed by atoms with E-state index in [9.17, 15) is 0 Å². The second kappa shape index (κ2) is 4.55. The molecule has 0 aliphatic carbocycles. The van der Waals surface area contributed by atoms with Crippen LogP contribution < -0.4 is 15.2 Å². The van der Waals surface area contributed by atoms with Crippen LogP contribution in [0.25, 0.3) is 0 Å². The molecule has 0 spiro atoms. The molecule has 5 heteroatoms. The summed E-state index contributed by atoms with van der Waals surface area (Å²) in [6.45, 7) is 1.13. The number of benzene rings is 1. The zero-order valence-corrected chi connectivity index (χ0v) is 10.3. The number of rotatable bonds is 2. The molecule has 2 heterocycles. The van der Waals surface area contributed by atoms with Crippen molar-refractivity contribution < 1.29 is 13.9 Å². The van der Waals surface area contributed by atoms with Crippen molar-refractivity contribution in [1.29, 1.82) is 0 Å². The van der Waals surface area contributed by atoms with Crippen LogP contribution in [-0.4, -0.2) is 13.2 Å². The van der Waals surface area contributed by atoms with Crippen molar-refractivity contribution in [3.05, 3.63) is 46.9 Å². The first kappa shape index (κ1) is 11.4. The van der Waals surface area contributed by atoms with Gasteiger partial charge in [-0.1, -0.05) is 6.07 Å². The van der Waals surface area contributed by atoms with Crippen molar-refractivity contribution in [3.63, 3.8) is 0 Å². The van der Waals surface area contributed by atoms with Crippen molar-refractivity contribution >= 4 is 11.6 Å². The Morgan fingerprint density at radius 1 is 1.11 bits per heavy atom. The molecule has 1 aliphatic rings. The highest BCUT2D eigenvalue weighted by Crippen LogP contribution is 2.35. The minimum absolute atomic E-state index is 0.317. The second-order valence-electron chi connectivity index (χ2n) is 4.03. The van der Waals surface area contributed by atoms with E-state index in [-0.39, 0.29) is 6.04 Å². The summed E-state index contributed by atoms with van der Waals surface area (Å²) in [7, 11) is 0. The van der Waals surface area contributed by atoms with Crippen LogP contribution in [0.1, 0.15) is 17.2 Å². The Kier molecular flexibility index (Phi) is 2.89. The molecular formula is C13H12ClNO3. The predicted molar refractivity (Wildman–Crippen MR) is 67.2 cm³/mol. The normalized spacial score (nSPS) is 15.4. The number of fused-ring (bicyclic) bond motifs is 1. The van der Waals surface area contributed by atoms with Gasteiger partial charge in [-0.05, 0) is 35.4 Å². The van der Waals surface area contributed by atoms with E-state index in [0.29, 0.717) is 24.2 Å². The van der Waals surface area contributed by atoms with Gasteiger partial charge in [0.1, 0.15) is 13.2 Å². The van der Waals surface area contributed by atoms with Crippen LogP contribution in [0.15, 0.2) is 34.9 Å². The molecule has 0 saturated heterocycles. The molecule has 0 bridgehead atoms. The van der Waals surface area contributed by atoms with Crippen LogP contribution in [0.3, 0.4) is 0 Å². The zero-order chi connectivity index (χ0) is 12.5. The number of ether oxygens (including phenoxy) is 2. The third kappa shape index (κ3) is 1.94. The quantitative estimate of drug-likeness (QED) is 0.907. The lowest BCUT2D eigenvalue weighted by Crippen LogP contribution is -2.17. The maximum Gasteiger partial charge on any atom is 0.198 e. The topological polar surface area (TPSA) is 57.6 Å². The van der Waals surface area contributed by atoms with Crippen LogP contribution >= 0.6 is 11.6 Å². The highest BCUT2D eigenvalue weighted by atomic mass is 35.5. The van der Waals surface area contributed by atoms with Gasteiger partial charge in [-0.25, -0.2) is 0 Å². The number of hydrogen-bond donors (Lipinski definition) is 1. The molecule has 3 rings (SSSR count). The lowest BCUT2D eigenvalue weighted by molar-refractivity contribution is 0.171. The lowest BCUT2D eigenvalue weighted by atomic mass is 10.0. The third-order valence-electron chi connectivity index (χ3n) is 2.91. The predicted octanol–water partition coefficient (Wildman–Crippen LogP) is 2.75. The van der Waals surface area contributed by atoms with E-state index < -0.39 is 0 Å². The molecule has 1 unspecified atom stereocenters. The summed E-state index contributed by atoms with van der Waals surface area (Å²) < 4.78 is 16.0. The number of hydrogen-bond acceptors (Lipinski definition) is 4. The number of halogens is 1. The van der Waals surface area contributed by atoms with Gasteiger partial charge in [-0.2, -0.15) is 0 Å². The SMILES string of the molecule is NC(c1ccc2c(c1)OCCO2)c1ccoc1Cl. The first-order valence-corrected chi connectivity index (χ1v) is 6.01. The monoisotopic (exact) mass is 265 g/mol. The maximum absolute atomic E-state index is 6.15. The van der Waals surface area contributed by atoms with Gasteiger partial charge in [0.25, 0.3) is 0 Å². The molecule has 94 valence electrons. The summed E-state index contributed by atoms with van der Waals surface area (Å²) in [5.74, 6) is 1.46. The van der Waals surface area contributed by atoms with Crippen molar-refractivity contribution in [2.45, 2.75) is 6.04 Å². The summed E-state index contributed by atoms with van der Waals surface area (Å²) >= 11 is 5.93. The second-order valence-corrected chi connectivity index (χ2v) is 4.37. The Balaban J connectivity index is 1.95. The standard InChI is InChI=1S/C13H12ClNO3/c14-13-9(3-4-18-13)12(15)8-1-2-10-11(7-8)17-6-5-16-10/h1-4,7,12H,5-6,15H2. The fourth-order valence-corrected chi connectivity index (χ4v) is 2.19. The van der Waals surface area contributed by atoms with Gasteiger partial charge in [0, 0.05) is 5.56 Å². The molecule has 0 fully saturated rings. The third-order valence-corrected chi connectivity index (χ3v) is 3.21. The van der Waals surface area contributed by atoms with Crippen molar-refractivity contribution in [1.82, 2.24) is 0 Å². The summed E-state index contributed by atoms with van der Waals surface area (Å²) in [4.78, 5) is 0. The molecule has 18 heavy (non-hydrogen) atoms. The van der Waals surface area contributed by atoms with Gasteiger partial charge < -0.3 is 19.6 Å². The Bertz CT molecular complexity index is 567. The molecular weight excluding hydrogens is 254 g/mol. The van der Waals surface area contributed by atoms with Crippen LogP contribution in [0.4, 0.5) is 0 Å². The molecule has 1 aliphatic heterocycles. The minimum atomic E-state index is -0.341. The molecule has 0 saturated carbocycles. The smallest absolute Gasteiger partial charge is 0.198 e. The van der Waals surface area contributed by atoms with Gasteiger partial charge in [0.05, 0.1) is 12.3 Å². The molecule has 1 atom stereocenters. The lowest BCUT2D eigenvalue weighted by Gasteiger charge is -2.20. The summed E-state index contributed by atoms with van der Waals surface area (Å²) in [6.07, 6.45) is 1.52. The fourth-order valence-electron chi connectivity index (χ4n) is 1.96. The number of nitrogens with two attached hydrogens (primary N) is 1. The number of furan rings is 1. The highest BCUT2D eigenvalue weighted by molar-refractivity contribution is 6.29. The zero-order valence-electron chi connectivity index (χ0n) is 9.56. The average Bonchev–Trinajstić information content (AvgIpc) is 2.83. The van der Waals surface area contributed by atoms with Gasteiger partial charge in [-0.15, -0.1) is 0 Å². The van der Waals surface area contributed by atoms with E-state index in [1.807, 2.05) is 18.2 Å². The van der Waals surface area contributed by atoms with E-state index in [2.05, 4.69) is 0 Å². The van der Waals surface area contributed by atoms with Gasteiger partial charge in [0.2, 0.25) is 0 Å². The van der Waals surface area contributed by atoms with E-state index in [1.165, 1.54) is 6.26 Å². The molecule has 0 radical (unpaired) electrons. The van der Waals surface area contributed by atoms with E-state index >= 15 is 0 Å². The van der Waals surface area contributed by atoms with Gasteiger partial charge >= 0.3 is 0 Å². The Labute approximate surface area is 109 Å². The minimum Gasteiger partial charge on any atom is -0.486 e. The van der Waals surface area contributed by atoms with E-state index in [0.717, 1.165) is 16.9 Å². The first-order valence-electron chi connectivity index (χ1n) is 5.64. The molecule has 2 N–H and O–H groups in total. The van der Waals surface area contributed by atoms with E-state index in [4.69, 9.17) is 31.2 Å². The largest absolute Gasteiger partial charge is 0.486 e. The van der Waals surface area contributed by atoms with Crippen molar-refractivity contribution in [2.24, 2.45) is 5.73 Å². The summed E-state index contributed by atoms with van der Waals surface area (Å²) in [6, 6.07) is 7.07. The average molecular weight is 266 g/mol. The van der Waals surface area contributed by atoms with Crippen LogP contribution in [0, 0.1) is 0 Å². The first-order chi connectivity index (χ1) is 8.75. The fraction of sp³-hybridized carbons (Fsp3) is 0.231. The molecule has 1 aromatic heterocycles. The summed E-state index contributed by atoms with van der Waals surface area (Å²) in [5.41, 5.74) is 7.82. The summed E-state index contributed by atoms with van der Waals surface area (Å²) in [5, 5.41) is 0.317. The van der Waals surface area contributed by atoms with Crippen molar-refractivity contribution in [2.75, 3.05) is 13.2 Å². The molecule has 1 aromatic carbocycles. The van der Waals surface area contributed by atoms with Gasteiger partial charge in [0.15, 0.2) is 16.7 Å². The van der Waals surface area contributed by atoms with E-state index in [1.54, 1.807) is 6.07 Å². The Hall–Kier alpha value is -1.65. The Morgan fingerprint density at radius 3 is 2.61 bits per heavy atom. The molecule has 2 aromatic rings. The van der Waals surface area contributed by atoms with Crippen molar-refractivity contribution in [3.8, 4) is 11.5 Å². The van der Waals surface area contributed by atoms with Crippen LogP contribution in [0.2, 0.25) is 5.22 Å². The Morgan fingerprint density at radius 2 is 1.89 bits per heavy atom.